The molecule has 10 nitrogen and oxygen atoms in total. The molecule has 4 amide bonds. The Bertz CT molecular complexity index is 1570. The van der Waals surface area contributed by atoms with Gasteiger partial charge in [0.1, 0.15) is 11.3 Å². The summed E-state index contributed by atoms with van der Waals surface area (Å²) in [6, 6.07) is 20.0. The Labute approximate surface area is 211 Å². The highest BCUT2D eigenvalue weighted by Gasteiger charge is 2.18. The fourth-order valence-corrected chi connectivity index (χ4v) is 3.34. The normalized spacial score (nSPS) is 11.6. The summed E-state index contributed by atoms with van der Waals surface area (Å²) < 4.78 is 5.38. The molecule has 0 spiro atoms. The Balaban J connectivity index is 1.42. The van der Waals surface area contributed by atoms with Gasteiger partial charge < -0.3 is 15.4 Å². The molecule has 0 aromatic heterocycles. The first-order valence-electron chi connectivity index (χ1n) is 11.2. The second kappa shape index (κ2) is 11.4. The third kappa shape index (κ3) is 6.21. The van der Waals surface area contributed by atoms with E-state index in [2.05, 4.69) is 26.6 Å². The van der Waals surface area contributed by atoms with Crippen molar-refractivity contribution in [2.24, 2.45) is 10.1 Å². The molecule has 0 saturated carbocycles. The molecule has 0 aliphatic carbocycles. The van der Waals surface area contributed by atoms with Gasteiger partial charge in [0.15, 0.2) is 0 Å². The third-order valence-corrected chi connectivity index (χ3v) is 5.07. The van der Waals surface area contributed by atoms with Crippen LogP contribution < -0.4 is 31.4 Å². The predicted molar refractivity (Wildman–Crippen MR) is 136 cm³/mol. The zero-order chi connectivity index (χ0) is 26.2. The number of hydrogen-bond donors (Lipinski definition) is 3. The van der Waals surface area contributed by atoms with E-state index in [4.69, 9.17) is 4.74 Å². The minimum absolute atomic E-state index is 0.0238. The van der Waals surface area contributed by atoms with Gasteiger partial charge in [0.2, 0.25) is 0 Å². The van der Waals surface area contributed by atoms with E-state index in [1.807, 2.05) is 12.3 Å². The molecule has 184 valence electrons. The van der Waals surface area contributed by atoms with Crippen LogP contribution in [-0.2, 0) is 14.4 Å². The first-order valence-corrected chi connectivity index (χ1v) is 11.2. The lowest BCUT2D eigenvalue weighted by atomic mass is 10.1. The van der Waals surface area contributed by atoms with Gasteiger partial charge in [0.05, 0.1) is 23.2 Å². The molecule has 3 aromatic carbocycles. The zero-order valence-corrected chi connectivity index (χ0v) is 19.6. The number of carbonyl (C=O) groups excluding carboxylic acids is 4. The molecule has 1 aliphatic heterocycles. The number of ether oxygens (including phenoxy) is 1. The van der Waals surface area contributed by atoms with Crippen molar-refractivity contribution in [2.45, 2.75) is 6.92 Å². The maximum Gasteiger partial charge on any atom is 0.330 e. The standard InChI is InChI=1S/C27H21N5O5/c1-2-37-20-13-11-19(12-14-20)29-25(34)21-8-4-6-10-23(21)31-26(35)27(36)32-28-16-18-15-17-7-3-5-9-22(17)30-24(18)33/h3-15H,2H2,1H3,(H,29,34)(H,31,35)(H,32,36). The lowest BCUT2D eigenvalue weighted by Gasteiger charge is -2.11. The number of fused-ring (bicyclic) bond motifs is 1. The smallest absolute Gasteiger partial charge is 0.330 e. The lowest BCUT2D eigenvalue weighted by Crippen LogP contribution is -2.33. The van der Waals surface area contributed by atoms with Crippen LogP contribution >= 0.6 is 0 Å². The minimum atomic E-state index is -1.12. The summed E-state index contributed by atoms with van der Waals surface area (Å²) in [5, 5.41) is 9.91. The number of benzene rings is 3. The number of hydrazone groups is 1. The Morgan fingerprint density at radius 3 is 2.43 bits per heavy atom. The fourth-order valence-electron chi connectivity index (χ4n) is 3.34. The first-order chi connectivity index (χ1) is 17.9. The number of nitrogens with one attached hydrogen (secondary N) is 3. The molecule has 0 bridgehead atoms. The average Bonchev–Trinajstić information content (AvgIpc) is 2.90. The molecule has 37 heavy (non-hydrogen) atoms. The number of amides is 4. The second-order valence-electron chi connectivity index (χ2n) is 7.61. The van der Waals surface area contributed by atoms with Crippen molar-refractivity contribution in [3.63, 3.8) is 0 Å². The van der Waals surface area contributed by atoms with E-state index in [1.165, 1.54) is 18.2 Å². The minimum Gasteiger partial charge on any atom is -0.494 e. The number of hydrogen-bond acceptors (Lipinski definition) is 6. The second-order valence-corrected chi connectivity index (χ2v) is 7.61. The number of carbonyl (C=O) groups is 4. The van der Waals surface area contributed by atoms with Crippen LogP contribution in [0, 0.1) is 0 Å². The van der Waals surface area contributed by atoms with Crippen LogP contribution in [0.5, 0.6) is 5.75 Å². The van der Waals surface area contributed by atoms with Gasteiger partial charge in [-0.2, -0.15) is 0 Å². The zero-order valence-electron chi connectivity index (χ0n) is 19.6. The van der Waals surface area contributed by atoms with Crippen molar-refractivity contribution in [1.82, 2.24) is 5.43 Å². The summed E-state index contributed by atoms with van der Waals surface area (Å²) in [5.41, 5.74) is 2.83. The summed E-state index contributed by atoms with van der Waals surface area (Å²) in [6.07, 6.45) is 1.53. The van der Waals surface area contributed by atoms with Gasteiger partial charge in [-0.3, -0.25) is 19.2 Å². The molecule has 3 N–H and O–H groups in total. The number of rotatable bonds is 6. The fraction of sp³-hybridized carbons (Fsp3) is 0.0741. The van der Waals surface area contributed by atoms with Gasteiger partial charge >= 0.3 is 11.8 Å². The number of para-hydroxylation sites is 2. The molecule has 1 aliphatic rings. The average molecular weight is 495 g/mol. The van der Waals surface area contributed by atoms with Gasteiger partial charge in [-0.25, -0.2) is 10.4 Å². The summed E-state index contributed by atoms with van der Waals surface area (Å²) in [5.74, 6) is -0.185. The molecule has 0 fully saturated rings. The van der Waals surface area contributed by atoms with Crippen LogP contribution in [0.25, 0.3) is 6.08 Å². The van der Waals surface area contributed by atoms with E-state index in [-0.39, 0.29) is 16.8 Å². The van der Waals surface area contributed by atoms with Crippen LogP contribution in [0.2, 0.25) is 0 Å². The topological polar surface area (TPSA) is 138 Å². The summed E-state index contributed by atoms with van der Waals surface area (Å²) in [6.45, 7) is 2.40. The highest BCUT2D eigenvalue weighted by atomic mass is 16.5. The van der Waals surface area contributed by atoms with Crippen LogP contribution in [0.4, 0.5) is 11.4 Å². The molecule has 0 radical (unpaired) electrons. The van der Waals surface area contributed by atoms with Crippen molar-refractivity contribution in [1.29, 1.82) is 0 Å². The van der Waals surface area contributed by atoms with Gasteiger partial charge in [-0.15, -0.1) is 5.10 Å². The van der Waals surface area contributed by atoms with Crippen LogP contribution in [0.3, 0.4) is 0 Å². The van der Waals surface area contributed by atoms with Gasteiger partial charge in [-0.05, 0) is 55.5 Å². The summed E-state index contributed by atoms with van der Waals surface area (Å²) >= 11 is 0. The number of nitrogens with zero attached hydrogens (tertiary/aromatic N) is 2. The lowest BCUT2D eigenvalue weighted by molar-refractivity contribution is -0.136. The largest absolute Gasteiger partial charge is 0.494 e. The molecule has 10 heteroatoms. The highest BCUT2D eigenvalue weighted by molar-refractivity contribution is 6.40. The summed E-state index contributed by atoms with van der Waals surface area (Å²) in [7, 11) is 0. The van der Waals surface area contributed by atoms with Crippen LogP contribution in [0.1, 0.15) is 17.3 Å². The first kappa shape index (κ1) is 24.8. The number of anilines is 2. The van der Waals surface area contributed by atoms with Crippen LogP contribution in [-0.4, -0.2) is 36.1 Å². The Kier molecular flexibility index (Phi) is 7.63. The Morgan fingerprint density at radius 1 is 0.919 bits per heavy atom. The van der Waals surface area contributed by atoms with E-state index in [1.54, 1.807) is 60.7 Å². The Hall–Kier alpha value is -5.34. The maximum absolute atomic E-state index is 12.8. The molecular formula is C27H21N5O5. The van der Waals surface area contributed by atoms with Crippen molar-refractivity contribution in [3.8, 4) is 5.75 Å². The highest BCUT2D eigenvalue weighted by Crippen LogP contribution is 2.19. The predicted octanol–water partition coefficient (Wildman–Crippen LogP) is 1.54. The van der Waals surface area contributed by atoms with E-state index >= 15 is 0 Å². The molecule has 4 rings (SSSR count). The van der Waals surface area contributed by atoms with Crippen molar-refractivity contribution in [3.05, 3.63) is 94.5 Å². The van der Waals surface area contributed by atoms with Crippen molar-refractivity contribution < 1.29 is 23.9 Å². The summed E-state index contributed by atoms with van der Waals surface area (Å²) in [4.78, 5) is 53.4. The van der Waals surface area contributed by atoms with Crippen molar-refractivity contribution >= 4 is 46.9 Å². The quantitative estimate of drug-likeness (QED) is 0.206. The molecule has 0 atom stereocenters. The van der Waals surface area contributed by atoms with Gasteiger partial charge in [0.25, 0.3) is 11.8 Å². The van der Waals surface area contributed by atoms with E-state index in [0.717, 1.165) is 0 Å². The molecule has 0 saturated heterocycles. The van der Waals surface area contributed by atoms with E-state index < -0.39 is 23.6 Å². The van der Waals surface area contributed by atoms with E-state index in [0.29, 0.717) is 28.6 Å². The van der Waals surface area contributed by atoms with Gasteiger partial charge in [-0.1, -0.05) is 30.3 Å². The molecule has 0 unspecified atom stereocenters. The van der Waals surface area contributed by atoms with Crippen molar-refractivity contribution in [2.75, 3.05) is 17.2 Å². The monoisotopic (exact) mass is 495 g/mol. The maximum atomic E-state index is 12.8. The van der Waals surface area contributed by atoms with Gasteiger partial charge in [0, 0.05) is 16.8 Å². The molecule has 1 heterocycles. The molecular weight excluding hydrogens is 474 g/mol. The molecule has 3 aromatic rings. The third-order valence-electron chi connectivity index (χ3n) is 5.07. The van der Waals surface area contributed by atoms with Crippen LogP contribution in [0.15, 0.2) is 88.5 Å². The Morgan fingerprint density at radius 2 is 1.65 bits per heavy atom. The van der Waals surface area contributed by atoms with E-state index in [9.17, 15) is 19.2 Å². The SMILES string of the molecule is CCOc1ccc(NC(=O)c2ccccc2NC(=O)C(=O)NN=C=C2C=c3ccccc3=NC2=O)cc1.